The number of halogens is 1. The summed E-state index contributed by atoms with van der Waals surface area (Å²) in [5.41, 5.74) is 5.79. The number of carbonyl (C=O) groups excluding carboxylic acids is 2. The van der Waals surface area contributed by atoms with Crippen LogP contribution in [-0.2, 0) is 11.4 Å². The van der Waals surface area contributed by atoms with E-state index in [-0.39, 0.29) is 18.2 Å². The molecule has 0 aliphatic rings. The Kier molecular flexibility index (Phi) is 9.21. The molecule has 6 nitrogen and oxygen atoms in total. The van der Waals surface area contributed by atoms with Crippen molar-refractivity contribution >= 4 is 34.0 Å². The number of amides is 2. The highest BCUT2D eigenvalue weighted by molar-refractivity contribution is 9.10. The van der Waals surface area contributed by atoms with Crippen molar-refractivity contribution in [3.8, 4) is 5.75 Å². The van der Waals surface area contributed by atoms with Crippen molar-refractivity contribution in [3.63, 3.8) is 0 Å². The summed E-state index contributed by atoms with van der Waals surface area (Å²) in [7, 11) is 0. The third kappa shape index (κ3) is 7.88. The lowest BCUT2D eigenvalue weighted by Gasteiger charge is -2.18. The average Bonchev–Trinajstić information content (AvgIpc) is 2.94. The Labute approximate surface area is 224 Å². The molecular formula is C30H26BrN3O3. The van der Waals surface area contributed by atoms with E-state index in [1.165, 1.54) is 0 Å². The van der Waals surface area contributed by atoms with Crippen LogP contribution in [0.2, 0.25) is 0 Å². The van der Waals surface area contributed by atoms with Gasteiger partial charge in [0, 0.05) is 5.56 Å². The van der Waals surface area contributed by atoms with Gasteiger partial charge in [-0.15, -0.1) is 0 Å². The molecule has 186 valence electrons. The maximum absolute atomic E-state index is 12.7. The van der Waals surface area contributed by atoms with Gasteiger partial charge in [-0.05, 0) is 63.0 Å². The highest BCUT2D eigenvalue weighted by Crippen LogP contribution is 2.26. The summed E-state index contributed by atoms with van der Waals surface area (Å²) in [6, 6.07) is 33.3. The monoisotopic (exact) mass is 555 g/mol. The predicted octanol–water partition coefficient (Wildman–Crippen LogP) is 6.04. The molecular weight excluding hydrogens is 530 g/mol. The van der Waals surface area contributed by atoms with Gasteiger partial charge in [-0.3, -0.25) is 9.59 Å². The smallest absolute Gasteiger partial charge is 0.251 e. The van der Waals surface area contributed by atoms with Crippen LogP contribution >= 0.6 is 15.9 Å². The van der Waals surface area contributed by atoms with Gasteiger partial charge in [0.1, 0.15) is 12.4 Å². The molecule has 4 aromatic rings. The van der Waals surface area contributed by atoms with Crippen LogP contribution < -0.4 is 15.5 Å². The average molecular weight is 556 g/mol. The van der Waals surface area contributed by atoms with Crippen LogP contribution in [0.25, 0.3) is 0 Å². The summed E-state index contributed by atoms with van der Waals surface area (Å²) in [5.74, 6) is 0.149. The minimum absolute atomic E-state index is 0.0376. The van der Waals surface area contributed by atoms with Gasteiger partial charge in [0.25, 0.3) is 5.91 Å². The molecule has 0 fully saturated rings. The van der Waals surface area contributed by atoms with Gasteiger partial charge in [0.2, 0.25) is 5.91 Å². The summed E-state index contributed by atoms with van der Waals surface area (Å²) >= 11 is 3.53. The molecule has 2 amide bonds. The van der Waals surface area contributed by atoms with Gasteiger partial charge >= 0.3 is 0 Å². The summed E-state index contributed by atoms with van der Waals surface area (Å²) in [6.45, 7) is 0.465. The van der Waals surface area contributed by atoms with Crippen molar-refractivity contribution in [1.82, 2.24) is 10.7 Å². The molecule has 0 spiro atoms. The lowest BCUT2D eigenvalue weighted by molar-refractivity contribution is -0.121. The zero-order chi connectivity index (χ0) is 25.9. The molecule has 0 aromatic heterocycles. The quantitative estimate of drug-likeness (QED) is 0.185. The Morgan fingerprint density at radius 2 is 1.51 bits per heavy atom. The number of benzene rings is 4. The SMILES string of the molecule is O=C(C[C@@H](NC(=O)c1ccccc1)c1ccccc1)N/N=C\c1ccc(OCc2ccccc2)c(Br)c1. The summed E-state index contributed by atoms with van der Waals surface area (Å²) in [5, 5.41) is 7.05. The van der Waals surface area contributed by atoms with Gasteiger partial charge in [-0.25, -0.2) is 5.43 Å². The molecule has 0 radical (unpaired) electrons. The van der Waals surface area contributed by atoms with Crippen LogP contribution in [0.15, 0.2) is 119 Å². The van der Waals surface area contributed by atoms with E-state index >= 15 is 0 Å². The summed E-state index contributed by atoms with van der Waals surface area (Å²) in [6.07, 6.45) is 1.60. The molecule has 7 heteroatoms. The normalized spacial score (nSPS) is 11.6. The fraction of sp³-hybridized carbons (Fsp3) is 0.100. The molecule has 0 saturated carbocycles. The van der Waals surface area contributed by atoms with Crippen molar-refractivity contribution in [2.45, 2.75) is 19.1 Å². The highest BCUT2D eigenvalue weighted by atomic mass is 79.9. The van der Waals surface area contributed by atoms with Crippen molar-refractivity contribution in [3.05, 3.63) is 136 Å². The molecule has 0 aliphatic carbocycles. The van der Waals surface area contributed by atoms with Crippen LogP contribution in [0, 0.1) is 0 Å². The lowest BCUT2D eigenvalue weighted by atomic mass is 10.0. The number of hydrogen-bond acceptors (Lipinski definition) is 4. The molecule has 4 aromatic carbocycles. The zero-order valence-corrected chi connectivity index (χ0v) is 21.6. The number of rotatable bonds is 10. The number of hydrogen-bond donors (Lipinski definition) is 2. The van der Waals surface area contributed by atoms with Gasteiger partial charge in [-0.2, -0.15) is 5.10 Å². The number of hydrazone groups is 1. The number of ether oxygens (including phenoxy) is 1. The van der Waals surface area contributed by atoms with Gasteiger partial charge < -0.3 is 10.1 Å². The van der Waals surface area contributed by atoms with Crippen molar-refractivity contribution in [2.75, 3.05) is 0 Å². The molecule has 37 heavy (non-hydrogen) atoms. The van der Waals surface area contributed by atoms with E-state index in [0.717, 1.165) is 21.2 Å². The van der Waals surface area contributed by atoms with Crippen LogP contribution in [0.5, 0.6) is 5.75 Å². The van der Waals surface area contributed by atoms with Crippen LogP contribution in [0.4, 0.5) is 0 Å². The van der Waals surface area contributed by atoms with E-state index in [4.69, 9.17) is 4.74 Å². The largest absolute Gasteiger partial charge is 0.488 e. The first-order valence-electron chi connectivity index (χ1n) is 11.8. The highest BCUT2D eigenvalue weighted by Gasteiger charge is 2.19. The second-order valence-corrected chi connectivity index (χ2v) is 9.12. The minimum atomic E-state index is -0.501. The topological polar surface area (TPSA) is 79.8 Å². The number of nitrogens with one attached hydrogen (secondary N) is 2. The van der Waals surface area contributed by atoms with E-state index < -0.39 is 6.04 Å². The fourth-order valence-electron chi connectivity index (χ4n) is 3.63. The van der Waals surface area contributed by atoms with Crippen molar-refractivity contribution < 1.29 is 14.3 Å². The number of carbonyl (C=O) groups is 2. The maximum atomic E-state index is 12.7. The maximum Gasteiger partial charge on any atom is 0.251 e. The Morgan fingerprint density at radius 1 is 0.865 bits per heavy atom. The van der Waals surface area contributed by atoms with Crippen molar-refractivity contribution in [1.29, 1.82) is 0 Å². The Bertz CT molecular complexity index is 1350. The Morgan fingerprint density at radius 3 is 2.19 bits per heavy atom. The van der Waals surface area contributed by atoms with Crippen LogP contribution in [0.1, 0.15) is 39.5 Å². The molecule has 0 bridgehead atoms. The van der Waals surface area contributed by atoms with Gasteiger partial charge in [-0.1, -0.05) is 78.9 Å². The van der Waals surface area contributed by atoms with Gasteiger partial charge in [0.05, 0.1) is 23.1 Å². The van der Waals surface area contributed by atoms with E-state index in [2.05, 4.69) is 31.8 Å². The van der Waals surface area contributed by atoms with E-state index in [9.17, 15) is 9.59 Å². The first-order valence-corrected chi connectivity index (χ1v) is 12.6. The standard InChI is InChI=1S/C30H26BrN3O3/c31-26-18-23(16-17-28(26)37-21-22-10-4-1-5-11-22)20-32-34-29(35)19-27(24-12-6-2-7-13-24)33-30(36)25-14-8-3-9-15-25/h1-18,20,27H,19,21H2,(H,33,36)(H,34,35)/b32-20-/t27-/m1/s1. The molecule has 2 N–H and O–H groups in total. The predicted molar refractivity (Wildman–Crippen MR) is 148 cm³/mol. The molecule has 4 rings (SSSR count). The van der Waals surface area contributed by atoms with E-state index in [1.54, 1.807) is 30.5 Å². The summed E-state index contributed by atoms with van der Waals surface area (Å²) in [4.78, 5) is 25.4. The fourth-order valence-corrected chi connectivity index (χ4v) is 4.14. The zero-order valence-electron chi connectivity index (χ0n) is 20.0. The van der Waals surface area contributed by atoms with Crippen molar-refractivity contribution in [2.24, 2.45) is 5.10 Å². The lowest BCUT2D eigenvalue weighted by Crippen LogP contribution is -2.32. The molecule has 0 aliphatic heterocycles. The Balaban J connectivity index is 1.34. The third-order valence-corrected chi connectivity index (χ3v) is 6.15. The van der Waals surface area contributed by atoms with E-state index in [0.29, 0.717) is 17.9 Å². The molecule has 1 atom stereocenters. The number of nitrogens with zero attached hydrogens (tertiary/aromatic N) is 1. The third-order valence-electron chi connectivity index (χ3n) is 5.53. The van der Waals surface area contributed by atoms with E-state index in [1.807, 2.05) is 84.9 Å². The van der Waals surface area contributed by atoms with Crippen LogP contribution in [0.3, 0.4) is 0 Å². The first kappa shape index (κ1) is 25.9. The summed E-state index contributed by atoms with van der Waals surface area (Å²) < 4.78 is 6.66. The molecule has 0 saturated heterocycles. The second kappa shape index (κ2) is 13.2. The second-order valence-electron chi connectivity index (χ2n) is 8.26. The van der Waals surface area contributed by atoms with Crippen LogP contribution in [-0.4, -0.2) is 18.0 Å². The Hall–Kier alpha value is -4.23. The first-order chi connectivity index (χ1) is 18.1. The van der Waals surface area contributed by atoms with Gasteiger partial charge in [0.15, 0.2) is 0 Å². The minimum Gasteiger partial charge on any atom is -0.488 e. The molecule has 0 heterocycles. The molecule has 0 unspecified atom stereocenters.